The average Bonchev–Trinajstić information content (AvgIpc) is 3.67. The van der Waals surface area contributed by atoms with Gasteiger partial charge in [0.05, 0.1) is 24.1 Å². The van der Waals surface area contributed by atoms with Crippen molar-refractivity contribution in [3.8, 4) is 22.7 Å². The average molecular weight is 682 g/mol. The van der Waals surface area contributed by atoms with Gasteiger partial charge in [0.1, 0.15) is 5.60 Å². The Labute approximate surface area is 276 Å². The monoisotopic (exact) mass is 681 g/mol. The van der Waals surface area contributed by atoms with E-state index >= 15 is 0 Å². The van der Waals surface area contributed by atoms with E-state index in [1.807, 2.05) is 58.9 Å². The maximum atomic E-state index is 13.0. The van der Waals surface area contributed by atoms with E-state index in [1.165, 1.54) is 6.20 Å². The van der Waals surface area contributed by atoms with Crippen LogP contribution in [0, 0.1) is 0 Å². The number of halogens is 3. The number of esters is 1. The Morgan fingerprint density at radius 3 is 2.08 bits per heavy atom. The van der Waals surface area contributed by atoms with Gasteiger partial charge in [0, 0.05) is 17.2 Å². The SMILES string of the molecule is CCC(CC)NC(=O)c1cnc(-c2cccc(-c3cc(C(=O)NC(COC(C)(C)C)C(=O)OC(C)(C)C)n[nH]3)c2)o1.O=C(O)C(F)(F)F. The second-order valence-corrected chi connectivity index (χ2v) is 12.6. The Kier molecular flexibility index (Phi) is 13.5. The van der Waals surface area contributed by atoms with Crippen LogP contribution in [0.2, 0.25) is 0 Å². The normalized spacial score (nSPS) is 12.5. The molecule has 1 aromatic carbocycles. The number of carbonyl (C=O) groups excluding carboxylic acids is 3. The zero-order valence-corrected chi connectivity index (χ0v) is 28.1. The standard InChI is InChI=1S/C30H41N5O6.C2HF3O2/c1-9-20(10-2)32-26(37)24-16-31-27(40-24)19-13-11-12-18(14-19)21-15-22(35-34-21)25(36)33-23(17-39-29(3,4)5)28(38)41-30(6,7)8;3-2(4,5)1(6)7/h11-16,20,23H,9-10,17H2,1-8H3,(H,32,37)(H,33,36)(H,34,35);(H,6,7). The number of amides is 2. The number of hydrogen-bond donors (Lipinski definition) is 4. The summed E-state index contributed by atoms with van der Waals surface area (Å²) in [6.45, 7) is 14.8. The number of carboxylic acids is 1. The molecule has 0 spiro atoms. The second-order valence-electron chi connectivity index (χ2n) is 12.6. The van der Waals surface area contributed by atoms with E-state index in [9.17, 15) is 27.6 Å². The Hall–Kier alpha value is -4.73. The van der Waals surface area contributed by atoms with Gasteiger partial charge in [0.15, 0.2) is 11.7 Å². The molecular weight excluding hydrogens is 639 g/mol. The van der Waals surface area contributed by atoms with E-state index in [0.29, 0.717) is 11.3 Å². The third kappa shape index (κ3) is 12.8. The number of nitrogens with zero attached hydrogens (tertiary/aromatic N) is 2. The van der Waals surface area contributed by atoms with Crippen LogP contribution in [0.3, 0.4) is 0 Å². The molecule has 48 heavy (non-hydrogen) atoms. The van der Waals surface area contributed by atoms with Crippen molar-refractivity contribution in [3.05, 3.63) is 48.0 Å². The van der Waals surface area contributed by atoms with Crippen molar-refractivity contribution < 1.29 is 51.3 Å². The lowest BCUT2D eigenvalue weighted by molar-refractivity contribution is -0.192. The summed E-state index contributed by atoms with van der Waals surface area (Å²) in [5, 5.41) is 19.7. The van der Waals surface area contributed by atoms with Gasteiger partial charge in [-0.15, -0.1) is 0 Å². The molecule has 0 aliphatic rings. The number of hydrogen-bond acceptors (Lipinski definition) is 9. The highest BCUT2D eigenvalue weighted by molar-refractivity contribution is 5.96. The van der Waals surface area contributed by atoms with Crippen molar-refractivity contribution in [1.29, 1.82) is 0 Å². The molecule has 1 atom stereocenters. The highest BCUT2D eigenvalue weighted by Gasteiger charge is 2.38. The molecule has 16 heteroatoms. The molecule has 0 saturated heterocycles. The summed E-state index contributed by atoms with van der Waals surface area (Å²) in [5.41, 5.74) is 0.772. The Bertz CT molecular complexity index is 1550. The summed E-state index contributed by atoms with van der Waals surface area (Å²) in [6, 6.07) is 7.88. The summed E-state index contributed by atoms with van der Waals surface area (Å²) >= 11 is 0. The van der Waals surface area contributed by atoms with Gasteiger partial charge in [-0.25, -0.2) is 14.6 Å². The summed E-state index contributed by atoms with van der Waals surface area (Å²) in [7, 11) is 0. The number of aromatic nitrogens is 3. The lowest BCUT2D eigenvalue weighted by Crippen LogP contribution is -2.48. The maximum absolute atomic E-state index is 13.0. The molecule has 0 radical (unpaired) electrons. The molecule has 1 unspecified atom stereocenters. The first-order valence-electron chi connectivity index (χ1n) is 15.0. The summed E-state index contributed by atoms with van der Waals surface area (Å²) in [4.78, 5) is 51.5. The number of nitrogens with one attached hydrogen (secondary N) is 3. The molecule has 2 heterocycles. The van der Waals surface area contributed by atoms with Crippen LogP contribution in [0.5, 0.6) is 0 Å². The van der Waals surface area contributed by atoms with Crippen LogP contribution in [0.15, 0.2) is 40.9 Å². The number of carboxylic acid groups (broad SMARTS) is 1. The zero-order chi connectivity index (χ0) is 36.4. The fraction of sp³-hybridized carbons (Fsp3) is 0.500. The van der Waals surface area contributed by atoms with Crippen LogP contribution in [0.4, 0.5) is 13.2 Å². The van der Waals surface area contributed by atoms with E-state index in [2.05, 4.69) is 25.8 Å². The quantitative estimate of drug-likeness (QED) is 0.187. The van der Waals surface area contributed by atoms with Gasteiger partial charge in [-0.05, 0) is 72.6 Å². The van der Waals surface area contributed by atoms with E-state index in [1.54, 1.807) is 26.8 Å². The van der Waals surface area contributed by atoms with E-state index in [4.69, 9.17) is 23.8 Å². The summed E-state index contributed by atoms with van der Waals surface area (Å²) < 4.78 is 48.7. The van der Waals surface area contributed by atoms with Crippen molar-refractivity contribution in [1.82, 2.24) is 25.8 Å². The maximum Gasteiger partial charge on any atom is 0.490 e. The molecule has 2 aromatic heterocycles. The fourth-order valence-electron chi connectivity index (χ4n) is 3.77. The van der Waals surface area contributed by atoms with Gasteiger partial charge in [0.2, 0.25) is 11.7 Å². The Morgan fingerprint density at radius 2 is 1.54 bits per heavy atom. The van der Waals surface area contributed by atoms with Crippen molar-refractivity contribution in [2.45, 2.75) is 97.7 Å². The van der Waals surface area contributed by atoms with Crippen molar-refractivity contribution >= 4 is 23.8 Å². The molecule has 0 bridgehead atoms. The minimum atomic E-state index is -5.08. The summed E-state index contributed by atoms with van der Waals surface area (Å²) in [6.07, 6.45) is -2.04. The van der Waals surface area contributed by atoms with Crippen LogP contribution < -0.4 is 10.6 Å². The first-order chi connectivity index (χ1) is 22.1. The number of benzene rings is 1. The molecule has 3 aromatic rings. The van der Waals surface area contributed by atoms with Crippen LogP contribution in [0.1, 0.15) is 89.3 Å². The lowest BCUT2D eigenvalue weighted by atomic mass is 10.1. The molecule has 0 saturated carbocycles. The van der Waals surface area contributed by atoms with Gasteiger partial charge in [-0.3, -0.25) is 14.7 Å². The molecule has 0 aliphatic heterocycles. The summed E-state index contributed by atoms with van der Waals surface area (Å²) in [5.74, 6) is -3.80. The topological polar surface area (TPSA) is 186 Å². The van der Waals surface area contributed by atoms with Crippen molar-refractivity contribution in [2.75, 3.05) is 6.61 Å². The molecule has 0 aliphatic carbocycles. The third-order valence-corrected chi connectivity index (χ3v) is 6.20. The van der Waals surface area contributed by atoms with Crippen LogP contribution in [0.25, 0.3) is 22.7 Å². The smallest absolute Gasteiger partial charge is 0.475 e. The minimum Gasteiger partial charge on any atom is -0.475 e. The number of aliphatic carboxylic acids is 1. The van der Waals surface area contributed by atoms with Gasteiger partial charge >= 0.3 is 18.1 Å². The fourth-order valence-corrected chi connectivity index (χ4v) is 3.77. The van der Waals surface area contributed by atoms with Crippen LogP contribution in [-0.4, -0.2) is 80.1 Å². The number of rotatable bonds is 11. The first-order valence-corrected chi connectivity index (χ1v) is 15.0. The highest BCUT2D eigenvalue weighted by Crippen LogP contribution is 2.26. The van der Waals surface area contributed by atoms with Crippen molar-refractivity contribution in [3.63, 3.8) is 0 Å². The molecule has 0 fully saturated rings. The predicted octanol–water partition coefficient (Wildman–Crippen LogP) is 5.54. The van der Waals surface area contributed by atoms with E-state index in [-0.39, 0.29) is 35.9 Å². The first kappa shape index (κ1) is 39.4. The van der Waals surface area contributed by atoms with E-state index < -0.39 is 41.3 Å². The Balaban J connectivity index is 0.00000103. The Morgan fingerprint density at radius 1 is 0.938 bits per heavy atom. The molecule has 13 nitrogen and oxygen atoms in total. The number of oxazole rings is 1. The molecule has 3 rings (SSSR count). The zero-order valence-electron chi connectivity index (χ0n) is 28.1. The van der Waals surface area contributed by atoms with Gasteiger partial charge in [-0.1, -0.05) is 26.0 Å². The second kappa shape index (κ2) is 16.4. The lowest BCUT2D eigenvalue weighted by Gasteiger charge is -2.27. The van der Waals surface area contributed by atoms with Crippen LogP contribution >= 0.6 is 0 Å². The predicted molar refractivity (Wildman–Crippen MR) is 168 cm³/mol. The number of H-pyrrole nitrogens is 1. The van der Waals surface area contributed by atoms with Gasteiger partial charge in [-0.2, -0.15) is 18.3 Å². The minimum absolute atomic E-state index is 0.0584. The largest absolute Gasteiger partial charge is 0.490 e. The van der Waals surface area contributed by atoms with E-state index in [0.717, 1.165) is 18.4 Å². The third-order valence-electron chi connectivity index (χ3n) is 6.20. The molecule has 2 amide bonds. The number of ether oxygens (including phenoxy) is 2. The van der Waals surface area contributed by atoms with Gasteiger partial charge in [0.25, 0.3) is 11.8 Å². The highest BCUT2D eigenvalue weighted by atomic mass is 19.4. The van der Waals surface area contributed by atoms with Gasteiger partial charge < -0.3 is 29.6 Å². The van der Waals surface area contributed by atoms with Crippen LogP contribution in [-0.2, 0) is 19.1 Å². The molecule has 4 N–H and O–H groups in total. The molecule has 264 valence electrons. The molecular formula is C32H42F3N5O8. The number of aromatic amines is 1. The number of carbonyl (C=O) groups is 4. The number of alkyl halides is 3. The van der Waals surface area contributed by atoms with Crippen molar-refractivity contribution in [2.24, 2.45) is 0 Å².